The number of pyridine rings is 1. The molecular weight excluding hydrogens is 236 g/mol. The van der Waals surface area contributed by atoms with Crippen LogP contribution in [-0.4, -0.2) is 11.6 Å². The summed E-state index contributed by atoms with van der Waals surface area (Å²) in [5.74, 6) is 1.04. The number of rotatable bonds is 4. The molecule has 0 fully saturated rings. The van der Waals surface area contributed by atoms with Crippen LogP contribution in [-0.2, 0) is 12.8 Å². The van der Waals surface area contributed by atoms with Crippen molar-refractivity contribution < 1.29 is 4.74 Å². The van der Waals surface area contributed by atoms with Crippen molar-refractivity contribution in [2.24, 2.45) is 5.73 Å². The molecule has 1 aromatic carbocycles. The Labute approximate surface area is 113 Å². The molecule has 0 radical (unpaired) electrons. The number of ether oxygens (including phenoxy) is 1. The van der Waals surface area contributed by atoms with Gasteiger partial charge in [0.05, 0.1) is 6.61 Å². The molecule has 3 heteroatoms. The van der Waals surface area contributed by atoms with E-state index >= 15 is 0 Å². The SMILES string of the molecule is NC(CCc1ccc2c(c1)CCO2)c1ccncc1. The molecule has 1 aromatic heterocycles. The van der Waals surface area contributed by atoms with Gasteiger partial charge in [-0.1, -0.05) is 12.1 Å². The predicted molar refractivity (Wildman–Crippen MR) is 75.1 cm³/mol. The first-order valence-electron chi connectivity index (χ1n) is 6.73. The second-order valence-corrected chi connectivity index (χ2v) is 4.97. The Morgan fingerprint density at radius 1 is 1.21 bits per heavy atom. The van der Waals surface area contributed by atoms with E-state index in [-0.39, 0.29) is 6.04 Å². The van der Waals surface area contributed by atoms with Crippen molar-refractivity contribution in [3.63, 3.8) is 0 Å². The van der Waals surface area contributed by atoms with E-state index < -0.39 is 0 Å². The number of benzene rings is 1. The van der Waals surface area contributed by atoms with Crippen LogP contribution in [0, 0.1) is 0 Å². The highest BCUT2D eigenvalue weighted by Crippen LogP contribution is 2.27. The molecule has 0 aliphatic carbocycles. The lowest BCUT2D eigenvalue weighted by atomic mass is 9.99. The lowest BCUT2D eigenvalue weighted by Gasteiger charge is -2.12. The van der Waals surface area contributed by atoms with E-state index in [1.165, 1.54) is 11.1 Å². The Bertz CT molecular complexity index is 554. The minimum absolute atomic E-state index is 0.0764. The Morgan fingerprint density at radius 2 is 2.05 bits per heavy atom. The Hall–Kier alpha value is -1.87. The zero-order valence-electron chi connectivity index (χ0n) is 10.9. The van der Waals surface area contributed by atoms with Gasteiger partial charge in [0.1, 0.15) is 5.75 Å². The third-order valence-electron chi connectivity index (χ3n) is 3.63. The van der Waals surface area contributed by atoms with E-state index in [0.717, 1.165) is 37.2 Å². The van der Waals surface area contributed by atoms with Gasteiger partial charge in [0.15, 0.2) is 0 Å². The quantitative estimate of drug-likeness (QED) is 0.912. The molecule has 2 aromatic rings. The van der Waals surface area contributed by atoms with Crippen molar-refractivity contribution in [2.75, 3.05) is 6.61 Å². The molecule has 0 saturated heterocycles. The molecule has 2 heterocycles. The van der Waals surface area contributed by atoms with Crippen molar-refractivity contribution in [2.45, 2.75) is 25.3 Å². The monoisotopic (exact) mass is 254 g/mol. The fourth-order valence-corrected chi connectivity index (χ4v) is 2.49. The highest BCUT2D eigenvalue weighted by Gasteiger charge is 2.12. The van der Waals surface area contributed by atoms with E-state index in [2.05, 4.69) is 23.2 Å². The van der Waals surface area contributed by atoms with E-state index in [0.29, 0.717) is 0 Å². The summed E-state index contributed by atoms with van der Waals surface area (Å²) in [7, 11) is 0. The van der Waals surface area contributed by atoms with Crippen LogP contribution in [0.15, 0.2) is 42.7 Å². The van der Waals surface area contributed by atoms with E-state index in [1.807, 2.05) is 12.1 Å². The second-order valence-electron chi connectivity index (χ2n) is 4.97. The van der Waals surface area contributed by atoms with Gasteiger partial charge in [-0.05, 0) is 47.7 Å². The smallest absolute Gasteiger partial charge is 0.122 e. The Balaban J connectivity index is 1.63. The van der Waals surface area contributed by atoms with E-state index in [1.54, 1.807) is 12.4 Å². The Morgan fingerprint density at radius 3 is 2.89 bits per heavy atom. The normalized spacial score (nSPS) is 14.8. The number of fused-ring (bicyclic) bond motifs is 1. The first-order valence-corrected chi connectivity index (χ1v) is 6.73. The van der Waals surface area contributed by atoms with Crippen LogP contribution in [0.3, 0.4) is 0 Å². The van der Waals surface area contributed by atoms with Gasteiger partial charge in [-0.3, -0.25) is 4.98 Å². The molecule has 1 aliphatic rings. The van der Waals surface area contributed by atoms with Crippen LogP contribution in [0.5, 0.6) is 5.75 Å². The van der Waals surface area contributed by atoms with Gasteiger partial charge in [-0.25, -0.2) is 0 Å². The van der Waals surface area contributed by atoms with Crippen molar-refractivity contribution in [1.29, 1.82) is 0 Å². The predicted octanol–water partition coefficient (Wildman–Crippen LogP) is 2.65. The highest BCUT2D eigenvalue weighted by molar-refractivity contribution is 5.39. The van der Waals surface area contributed by atoms with Crippen LogP contribution in [0.25, 0.3) is 0 Å². The standard InChI is InChI=1S/C16H18N2O/c17-15(13-5-8-18-9-6-13)3-1-12-2-4-16-14(11-12)7-10-19-16/h2,4-6,8-9,11,15H,1,3,7,10,17H2. The molecule has 19 heavy (non-hydrogen) atoms. The molecule has 3 rings (SSSR count). The molecule has 0 bridgehead atoms. The van der Waals surface area contributed by atoms with Gasteiger partial charge < -0.3 is 10.5 Å². The Kier molecular flexibility index (Phi) is 3.47. The summed E-state index contributed by atoms with van der Waals surface area (Å²) >= 11 is 0. The van der Waals surface area contributed by atoms with Crippen molar-refractivity contribution >= 4 is 0 Å². The molecule has 98 valence electrons. The first kappa shape index (κ1) is 12.2. The summed E-state index contributed by atoms with van der Waals surface area (Å²) in [6.07, 6.45) is 6.56. The van der Waals surface area contributed by atoms with Crippen molar-refractivity contribution in [3.8, 4) is 5.75 Å². The molecule has 1 aliphatic heterocycles. The van der Waals surface area contributed by atoms with Crippen LogP contribution in [0.4, 0.5) is 0 Å². The van der Waals surface area contributed by atoms with E-state index in [4.69, 9.17) is 10.5 Å². The maximum Gasteiger partial charge on any atom is 0.122 e. The van der Waals surface area contributed by atoms with Crippen LogP contribution < -0.4 is 10.5 Å². The number of hydrogen-bond donors (Lipinski definition) is 1. The molecule has 0 amide bonds. The largest absolute Gasteiger partial charge is 0.493 e. The average Bonchev–Trinajstić information content (AvgIpc) is 2.93. The lowest BCUT2D eigenvalue weighted by molar-refractivity contribution is 0.357. The topological polar surface area (TPSA) is 48.1 Å². The maximum atomic E-state index is 6.20. The maximum absolute atomic E-state index is 6.20. The minimum Gasteiger partial charge on any atom is -0.493 e. The van der Waals surface area contributed by atoms with E-state index in [9.17, 15) is 0 Å². The van der Waals surface area contributed by atoms with Gasteiger partial charge in [0, 0.05) is 24.9 Å². The molecule has 0 spiro atoms. The third-order valence-corrected chi connectivity index (χ3v) is 3.63. The minimum atomic E-state index is 0.0764. The molecule has 1 atom stereocenters. The van der Waals surface area contributed by atoms with Crippen molar-refractivity contribution in [3.05, 3.63) is 59.4 Å². The number of aryl methyl sites for hydroxylation is 1. The summed E-state index contributed by atoms with van der Waals surface area (Å²) < 4.78 is 5.52. The molecule has 0 saturated carbocycles. The average molecular weight is 254 g/mol. The van der Waals surface area contributed by atoms with Gasteiger partial charge >= 0.3 is 0 Å². The molecule has 3 nitrogen and oxygen atoms in total. The summed E-state index contributed by atoms with van der Waals surface area (Å²) in [5.41, 5.74) is 10.0. The zero-order chi connectivity index (χ0) is 13.1. The first-order chi connectivity index (χ1) is 9.33. The van der Waals surface area contributed by atoms with Crippen LogP contribution >= 0.6 is 0 Å². The summed E-state index contributed by atoms with van der Waals surface area (Å²) in [5, 5.41) is 0. The lowest BCUT2D eigenvalue weighted by Crippen LogP contribution is -2.11. The van der Waals surface area contributed by atoms with Gasteiger partial charge in [0.2, 0.25) is 0 Å². The summed E-state index contributed by atoms with van der Waals surface area (Å²) in [6, 6.07) is 10.5. The van der Waals surface area contributed by atoms with Gasteiger partial charge in [0.25, 0.3) is 0 Å². The second kappa shape index (κ2) is 5.41. The zero-order valence-corrected chi connectivity index (χ0v) is 10.9. The number of nitrogens with two attached hydrogens (primary N) is 1. The fourth-order valence-electron chi connectivity index (χ4n) is 2.49. The van der Waals surface area contributed by atoms with Crippen molar-refractivity contribution in [1.82, 2.24) is 4.98 Å². The third kappa shape index (κ3) is 2.76. The van der Waals surface area contributed by atoms with Gasteiger partial charge in [-0.2, -0.15) is 0 Å². The molecule has 2 N–H and O–H groups in total. The number of aromatic nitrogens is 1. The highest BCUT2D eigenvalue weighted by atomic mass is 16.5. The molecule has 1 unspecified atom stereocenters. The summed E-state index contributed by atoms with van der Waals surface area (Å²) in [4.78, 5) is 4.02. The number of nitrogens with zero attached hydrogens (tertiary/aromatic N) is 1. The van der Waals surface area contributed by atoms with Crippen LogP contribution in [0.1, 0.15) is 29.2 Å². The fraction of sp³-hybridized carbons (Fsp3) is 0.312. The molecular formula is C16H18N2O. The summed E-state index contributed by atoms with van der Waals surface area (Å²) in [6.45, 7) is 0.815. The van der Waals surface area contributed by atoms with Gasteiger partial charge in [-0.15, -0.1) is 0 Å². The number of hydrogen-bond acceptors (Lipinski definition) is 3. The van der Waals surface area contributed by atoms with Crippen LogP contribution in [0.2, 0.25) is 0 Å².